The second kappa shape index (κ2) is 6.78. The van der Waals surface area contributed by atoms with Crippen LogP contribution in [0.15, 0.2) is 34.0 Å². The normalized spacial score (nSPS) is 15.9. The predicted octanol–water partition coefficient (Wildman–Crippen LogP) is 3.88. The van der Waals surface area contributed by atoms with Crippen molar-refractivity contribution in [2.45, 2.75) is 27.7 Å². The second-order valence-electron chi connectivity index (χ2n) is 4.24. The SMILES string of the molecule is CC.CC1=C(/C=C(\C)Br)CN(c2ccn(C)n2)C1. The minimum atomic E-state index is 0.950. The first-order valence-corrected chi connectivity index (χ1v) is 7.12. The molecule has 0 spiro atoms. The summed E-state index contributed by atoms with van der Waals surface area (Å²) in [7, 11) is 1.95. The van der Waals surface area contributed by atoms with E-state index in [0.717, 1.165) is 18.9 Å². The number of nitrogens with zero attached hydrogens (tertiary/aromatic N) is 3. The van der Waals surface area contributed by atoms with E-state index in [1.807, 2.05) is 31.8 Å². The third-order valence-corrected chi connectivity index (χ3v) is 2.96. The summed E-state index contributed by atoms with van der Waals surface area (Å²) in [4.78, 5) is 2.29. The molecule has 0 N–H and O–H groups in total. The van der Waals surface area contributed by atoms with Crippen molar-refractivity contribution < 1.29 is 0 Å². The van der Waals surface area contributed by atoms with Gasteiger partial charge in [0.1, 0.15) is 0 Å². The number of rotatable bonds is 2. The first kappa shape index (κ1) is 15.0. The van der Waals surface area contributed by atoms with E-state index in [2.05, 4.69) is 51.9 Å². The molecule has 4 heteroatoms. The number of hydrogen-bond acceptors (Lipinski definition) is 2. The fourth-order valence-electron chi connectivity index (χ4n) is 1.93. The van der Waals surface area contributed by atoms with E-state index in [4.69, 9.17) is 0 Å². The van der Waals surface area contributed by atoms with Crippen LogP contribution in [0, 0.1) is 0 Å². The highest BCUT2D eigenvalue weighted by Gasteiger charge is 2.19. The molecule has 0 radical (unpaired) electrons. The van der Waals surface area contributed by atoms with E-state index in [1.165, 1.54) is 15.6 Å². The molecule has 1 aromatic rings. The number of hydrogen-bond donors (Lipinski definition) is 0. The quantitative estimate of drug-likeness (QED) is 0.826. The van der Waals surface area contributed by atoms with Crippen LogP contribution in [0.25, 0.3) is 0 Å². The molecular formula is C14H22BrN3. The van der Waals surface area contributed by atoms with Crippen molar-refractivity contribution in [3.8, 4) is 0 Å². The van der Waals surface area contributed by atoms with Gasteiger partial charge in [-0.3, -0.25) is 4.68 Å². The Balaban J connectivity index is 0.000000771. The Bertz CT molecular complexity index is 453. The van der Waals surface area contributed by atoms with Gasteiger partial charge in [-0.05, 0) is 35.6 Å². The van der Waals surface area contributed by atoms with Crippen LogP contribution in [0.3, 0.4) is 0 Å². The van der Waals surface area contributed by atoms with Crippen LogP contribution in [0.4, 0.5) is 5.82 Å². The highest BCUT2D eigenvalue weighted by molar-refractivity contribution is 9.11. The van der Waals surface area contributed by atoms with Gasteiger partial charge < -0.3 is 4.90 Å². The Hall–Kier alpha value is -1.03. The zero-order chi connectivity index (χ0) is 13.7. The van der Waals surface area contributed by atoms with Gasteiger partial charge in [0.15, 0.2) is 5.82 Å². The topological polar surface area (TPSA) is 21.1 Å². The molecule has 1 aromatic heterocycles. The van der Waals surface area contributed by atoms with Crippen molar-refractivity contribution in [1.82, 2.24) is 9.78 Å². The highest BCUT2D eigenvalue weighted by Crippen LogP contribution is 2.24. The second-order valence-corrected chi connectivity index (χ2v) is 5.49. The van der Waals surface area contributed by atoms with Crippen molar-refractivity contribution in [3.63, 3.8) is 0 Å². The highest BCUT2D eigenvalue weighted by atomic mass is 79.9. The summed E-state index contributed by atoms with van der Waals surface area (Å²) in [5.74, 6) is 1.05. The predicted molar refractivity (Wildman–Crippen MR) is 82.2 cm³/mol. The lowest BCUT2D eigenvalue weighted by Crippen LogP contribution is -2.20. The standard InChI is InChI=1S/C12H16BrN3.C2H6/c1-9-7-16(8-11(9)6-10(2)13)12-4-5-15(3)14-12;1-2/h4-6H,7-8H2,1-3H3;1-2H3/b10-6+;. The van der Waals surface area contributed by atoms with Crippen LogP contribution in [0.5, 0.6) is 0 Å². The average molecular weight is 312 g/mol. The zero-order valence-electron chi connectivity index (χ0n) is 11.9. The Kier molecular flexibility index (Phi) is 5.66. The van der Waals surface area contributed by atoms with E-state index in [-0.39, 0.29) is 0 Å². The monoisotopic (exact) mass is 311 g/mol. The molecule has 0 aliphatic carbocycles. The van der Waals surface area contributed by atoms with Crippen molar-refractivity contribution in [3.05, 3.63) is 34.0 Å². The molecule has 0 saturated carbocycles. The number of anilines is 1. The van der Waals surface area contributed by atoms with Crippen LogP contribution in [-0.2, 0) is 7.05 Å². The summed E-state index contributed by atoms with van der Waals surface area (Å²) >= 11 is 3.48. The summed E-state index contributed by atoms with van der Waals surface area (Å²) < 4.78 is 3.01. The average Bonchev–Trinajstić information content (AvgIpc) is 2.89. The molecule has 0 amide bonds. The van der Waals surface area contributed by atoms with Gasteiger partial charge in [-0.25, -0.2) is 0 Å². The lowest BCUT2D eigenvalue weighted by Gasteiger charge is -2.14. The lowest BCUT2D eigenvalue weighted by atomic mass is 10.2. The largest absolute Gasteiger partial charge is 0.347 e. The Morgan fingerprint density at radius 1 is 1.39 bits per heavy atom. The number of aryl methyl sites for hydroxylation is 1. The maximum absolute atomic E-state index is 4.42. The molecule has 100 valence electrons. The third kappa shape index (κ3) is 3.73. The third-order valence-electron chi connectivity index (χ3n) is 2.73. The van der Waals surface area contributed by atoms with Crippen LogP contribution < -0.4 is 4.90 Å². The van der Waals surface area contributed by atoms with Crippen molar-refractivity contribution >= 4 is 21.7 Å². The molecule has 1 aliphatic heterocycles. The van der Waals surface area contributed by atoms with Gasteiger partial charge in [0, 0.05) is 32.4 Å². The molecule has 2 heterocycles. The molecule has 2 rings (SSSR count). The van der Waals surface area contributed by atoms with Crippen LogP contribution in [0.1, 0.15) is 27.7 Å². The van der Waals surface area contributed by atoms with Gasteiger partial charge in [-0.1, -0.05) is 29.8 Å². The first-order valence-electron chi connectivity index (χ1n) is 6.33. The van der Waals surface area contributed by atoms with Gasteiger partial charge in [0.05, 0.1) is 0 Å². The van der Waals surface area contributed by atoms with E-state index in [9.17, 15) is 0 Å². The van der Waals surface area contributed by atoms with E-state index in [1.54, 1.807) is 0 Å². The van der Waals surface area contributed by atoms with Gasteiger partial charge in [0.25, 0.3) is 0 Å². The summed E-state index contributed by atoms with van der Waals surface area (Å²) in [5.41, 5.74) is 2.81. The number of allylic oxidation sites excluding steroid dienone is 1. The summed E-state index contributed by atoms with van der Waals surface area (Å²) in [6.07, 6.45) is 4.17. The van der Waals surface area contributed by atoms with Gasteiger partial charge in [-0.2, -0.15) is 5.10 Å². The molecule has 0 aromatic carbocycles. The van der Waals surface area contributed by atoms with E-state index >= 15 is 0 Å². The summed E-state index contributed by atoms with van der Waals surface area (Å²) in [6.45, 7) is 10.2. The fraction of sp³-hybridized carbons (Fsp3) is 0.500. The number of halogens is 1. The fourth-order valence-corrected chi connectivity index (χ4v) is 2.20. The molecule has 0 atom stereocenters. The van der Waals surface area contributed by atoms with Crippen LogP contribution in [-0.4, -0.2) is 22.9 Å². The zero-order valence-corrected chi connectivity index (χ0v) is 13.5. The molecule has 18 heavy (non-hydrogen) atoms. The molecule has 0 saturated heterocycles. The minimum absolute atomic E-state index is 0.950. The molecular weight excluding hydrogens is 290 g/mol. The Morgan fingerprint density at radius 3 is 2.56 bits per heavy atom. The number of aromatic nitrogens is 2. The molecule has 0 fully saturated rings. The maximum atomic E-state index is 4.42. The molecule has 1 aliphatic rings. The Labute approximate surface area is 118 Å². The van der Waals surface area contributed by atoms with Crippen molar-refractivity contribution in [2.75, 3.05) is 18.0 Å². The summed E-state index contributed by atoms with van der Waals surface area (Å²) in [5, 5.41) is 4.42. The van der Waals surface area contributed by atoms with Gasteiger partial charge >= 0.3 is 0 Å². The minimum Gasteiger partial charge on any atom is -0.347 e. The van der Waals surface area contributed by atoms with E-state index < -0.39 is 0 Å². The first-order chi connectivity index (χ1) is 8.56. The lowest BCUT2D eigenvalue weighted by molar-refractivity contribution is 0.756. The molecule has 3 nitrogen and oxygen atoms in total. The van der Waals surface area contributed by atoms with Crippen molar-refractivity contribution in [2.24, 2.45) is 7.05 Å². The molecule has 0 bridgehead atoms. The molecule has 0 unspecified atom stereocenters. The maximum Gasteiger partial charge on any atom is 0.151 e. The summed E-state index contributed by atoms with van der Waals surface area (Å²) in [6, 6.07) is 2.06. The van der Waals surface area contributed by atoms with Gasteiger partial charge in [-0.15, -0.1) is 0 Å². The van der Waals surface area contributed by atoms with Gasteiger partial charge in [0.2, 0.25) is 0 Å². The van der Waals surface area contributed by atoms with Crippen LogP contribution in [0.2, 0.25) is 0 Å². The Morgan fingerprint density at radius 2 is 2.06 bits per heavy atom. The van der Waals surface area contributed by atoms with Crippen molar-refractivity contribution in [1.29, 1.82) is 0 Å². The smallest absolute Gasteiger partial charge is 0.151 e. The van der Waals surface area contributed by atoms with E-state index in [0.29, 0.717) is 0 Å². The van der Waals surface area contributed by atoms with Crippen LogP contribution >= 0.6 is 15.9 Å².